The maximum absolute atomic E-state index is 6.65. The average molecular weight is 717 g/mol. The summed E-state index contributed by atoms with van der Waals surface area (Å²) in [6.07, 6.45) is 0. The molecular weight excluding hydrogens is 685 g/mol. The lowest BCUT2D eigenvalue weighted by Gasteiger charge is -2.14. The van der Waals surface area contributed by atoms with Crippen LogP contribution in [0.4, 0.5) is 0 Å². The van der Waals surface area contributed by atoms with Crippen molar-refractivity contribution in [1.82, 2.24) is 19.5 Å². The predicted octanol–water partition coefficient (Wildman–Crippen LogP) is 13.2. The number of benzene rings is 8. The molecule has 0 radical (unpaired) electrons. The Morgan fingerprint density at radius 1 is 0.339 bits per heavy atom. The van der Waals surface area contributed by atoms with E-state index in [-0.39, 0.29) is 0 Å². The van der Waals surface area contributed by atoms with E-state index in [9.17, 15) is 0 Å². The molecule has 0 spiro atoms. The molecule has 3 heterocycles. The topological polar surface area (TPSA) is 56.7 Å². The van der Waals surface area contributed by atoms with E-state index >= 15 is 0 Å². The minimum absolute atomic E-state index is 0.613. The third-order valence-corrected chi connectivity index (χ3v) is 10.6. The van der Waals surface area contributed by atoms with E-state index in [4.69, 9.17) is 19.4 Å². The number of furan rings is 1. The lowest BCUT2D eigenvalue weighted by Crippen LogP contribution is -2.00. The molecule has 0 amide bonds. The van der Waals surface area contributed by atoms with Crippen molar-refractivity contribution in [2.24, 2.45) is 0 Å². The fourth-order valence-corrected chi connectivity index (χ4v) is 7.98. The molecule has 0 saturated carbocycles. The number of fused-ring (bicyclic) bond motifs is 7. The molecule has 0 saturated heterocycles. The molecule has 0 N–H and O–H groups in total. The Morgan fingerprint density at radius 2 is 0.857 bits per heavy atom. The van der Waals surface area contributed by atoms with Gasteiger partial charge in [0.15, 0.2) is 23.1 Å². The average Bonchev–Trinajstić information content (AvgIpc) is 3.83. The van der Waals surface area contributed by atoms with Crippen LogP contribution in [0.5, 0.6) is 0 Å². The molecular formula is C51H32N4O. The summed E-state index contributed by atoms with van der Waals surface area (Å²) in [5, 5.41) is 4.56. The van der Waals surface area contributed by atoms with Crippen LogP contribution in [0, 0.1) is 0 Å². The first-order valence-electron chi connectivity index (χ1n) is 18.8. The molecule has 0 aliphatic heterocycles. The van der Waals surface area contributed by atoms with Gasteiger partial charge in [0, 0.05) is 43.9 Å². The van der Waals surface area contributed by atoms with Crippen LogP contribution in [-0.2, 0) is 0 Å². The SMILES string of the molecule is c1ccc(-c2cc(-c3cccc(-n4c5ccccc5c5ccc6c7ccccc7oc6c54)c3)cc(-c3nc(-c4ccccc4)nc(-c4ccccc4)n3)c2)cc1. The molecule has 5 heteroatoms. The van der Waals surface area contributed by atoms with Crippen LogP contribution in [0.25, 0.3) is 106 Å². The Hall–Kier alpha value is -7.63. The van der Waals surface area contributed by atoms with Crippen molar-refractivity contribution in [2.45, 2.75) is 0 Å². The normalized spacial score (nSPS) is 11.6. The van der Waals surface area contributed by atoms with E-state index in [1.54, 1.807) is 0 Å². The van der Waals surface area contributed by atoms with Gasteiger partial charge in [-0.1, -0.05) is 146 Å². The zero-order valence-corrected chi connectivity index (χ0v) is 30.2. The molecule has 56 heavy (non-hydrogen) atoms. The summed E-state index contributed by atoms with van der Waals surface area (Å²) in [5.74, 6) is 1.88. The van der Waals surface area contributed by atoms with Crippen molar-refractivity contribution >= 4 is 43.7 Å². The highest BCUT2D eigenvalue weighted by Crippen LogP contribution is 2.41. The van der Waals surface area contributed by atoms with Gasteiger partial charge in [-0.15, -0.1) is 0 Å². The summed E-state index contributed by atoms with van der Waals surface area (Å²) in [7, 11) is 0. The molecule has 0 aliphatic rings. The van der Waals surface area contributed by atoms with Gasteiger partial charge in [-0.25, -0.2) is 15.0 Å². The van der Waals surface area contributed by atoms with E-state index in [0.29, 0.717) is 17.5 Å². The van der Waals surface area contributed by atoms with Gasteiger partial charge < -0.3 is 8.98 Å². The van der Waals surface area contributed by atoms with Gasteiger partial charge in [-0.2, -0.15) is 0 Å². The Labute approximate surface area is 322 Å². The first-order chi connectivity index (χ1) is 27.7. The minimum atomic E-state index is 0.613. The van der Waals surface area contributed by atoms with Gasteiger partial charge in [0.2, 0.25) is 0 Å². The van der Waals surface area contributed by atoms with Crippen molar-refractivity contribution in [2.75, 3.05) is 0 Å². The second-order valence-electron chi connectivity index (χ2n) is 14.0. The highest BCUT2D eigenvalue weighted by molar-refractivity contribution is 6.21. The molecule has 0 atom stereocenters. The Balaban J connectivity index is 1.13. The van der Waals surface area contributed by atoms with Crippen LogP contribution in [0.3, 0.4) is 0 Å². The van der Waals surface area contributed by atoms with Crippen LogP contribution >= 0.6 is 0 Å². The zero-order valence-electron chi connectivity index (χ0n) is 30.2. The predicted molar refractivity (Wildman–Crippen MR) is 229 cm³/mol. The fraction of sp³-hybridized carbons (Fsp3) is 0. The molecule has 0 aliphatic carbocycles. The van der Waals surface area contributed by atoms with E-state index in [1.165, 1.54) is 5.39 Å². The van der Waals surface area contributed by atoms with Crippen LogP contribution < -0.4 is 0 Å². The van der Waals surface area contributed by atoms with E-state index < -0.39 is 0 Å². The zero-order chi connectivity index (χ0) is 37.0. The van der Waals surface area contributed by atoms with E-state index in [0.717, 1.165) is 83.0 Å². The van der Waals surface area contributed by atoms with Crippen LogP contribution in [0.15, 0.2) is 199 Å². The van der Waals surface area contributed by atoms with Gasteiger partial charge >= 0.3 is 0 Å². The highest BCUT2D eigenvalue weighted by atomic mass is 16.3. The third kappa shape index (κ3) is 5.37. The molecule has 262 valence electrons. The maximum atomic E-state index is 6.65. The van der Waals surface area contributed by atoms with Crippen molar-refractivity contribution in [3.63, 3.8) is 0 Å². The summed E-state index contributed by atoms with van der Waals surface area (Å²) < 4.78 is 9.00. The first-order valence-corrected chi connectivity index (χ1v) is 18.8. The molecule has 5 nitrogen and oxygen atoms in total. The summed E-state index contributed by atoms with van der Waals surface area (Å²) >= 11 is 0. The molecule has 0 bridgehead atoms. The maximum Gasteiger partial charge on any atom is 0.164 e. The highest BCUT2D eigenvalue weighted by Gasteiger charge is 2.20. The summed E-state index contributed by atoms with van der Waals surface area (Å²) in [6, 6.07) is 67.5. The molecule has 0 unspecified atom stereocenters. The Morgan fingerprint density at radius 3 is 1.55 bits per heavy atom. The van der Waals surface area contributed by atoms with E-state index in [1.807, 2.05) is 78.9 Å². The van der Waals surface area contributed by atoms with Crippen molar-refractivity contribution in [3.05, 3.63) is 194 Å². The number of hydrogen-bond donors (Lipinski definition) is 0. The summed E-state index contributed by atoms with van der Waals surface area (Å²) in [5.41, 5.74) is 12.1. The summed E-state index contributed by atoms with van der Waals surface area (Å²) in [4.78, 5) is 15.2. The standard InChI is InChI=1S/C51H32N4O/c1-4-15-33(16-5-1)37-29-38(31-39(30-37)51-53-49(34-17-6-2-7-18-34)52-50(54-51)35-19-8-3-9-20-35)36-21-14-22-40(32-36)55-45-25-12-10-23-41(45)43-27-28-44-42-24-11-13-26-46(42)56-48(44)47(43)55/h1-32H. The monoisotopic (exact) mass is 716 g/mol. The quantitative estimate of drug-likeness (QED) is 0.172. The second kappa shape index (κ2) is 13.0. The van der Waals surface area contributed by atoms with E-state index in [2.05, 4.69) is 120 Å². The Bertz CT molecular complexity index is 3180. The lowest BCUT2D eigenvalue weighted by molar-refractivity contribution is 0.671. The number of nitrogens with zero attached hydrogens (tertiary/aromatic N) is 4. The van der Waals surface area contributed by atoms with Crippen LogP contribution in [-0.4, -0.2) is 19.5 Å². The fourth-order valence-electron chi connectivity index (χ4n) is 7.98. The second-order valence-corrected chi connectivity index (χ2v) is 14.0. The molecule has 0 fully saturated rings. The smallest absolute Gasteiger partial charge is 0.164 e. The number of para-hydroxylation sites is 2. The van der Waals surface area contributed by atoms with Gasteiger partial charge in [0.25, 0.3) is 0 Å². The molecule has 11 aromatic rings. The molecule has 3 aromatic heterocycles. The number of rotatable bonds is 6. The van der Waals surface area contributed by atoms with Gasteiger partial charge in [0.1, 0.15) is 5.58 Å². The van der Waals surface area contributed by atoms with Gasteiger partial charge in [-0.05, 0) is 70.8 Å². The van der Waals surface area contributed by atoms with Crippen molar-refractivity contribution in [1.29, 1.82) is 0 Å². The third-order valence-electron chi connectivity index (χ3n) is 10.6. The molecule has 8 aromatic carbocycles. The number of hydrogen-bond acceptors (Lipinski definition) is 4. The number of aromatic nitrogens is 4. The van der Waals surface area contributed by atoms with Crippen LogP contribution in [0.1, 0.15) is 0 Å². The largest absolute Gasteiger partial charge is 0.454 e. The summed E-state index contributed by atoms with van der Waals surface area (Å²) in [6.45, 7) is 0. The minimum Gasteiger partial charge on any atom is -0.454 e. The van der Waals surface area contributed by atoms with Gasteiger partial charge in [-0.3, -0.25) is 0 Å². The first kappa shape index (κ1) is 31.9. The molecule has 11 rings (SSSR count). The van der Waals surface area contributed by atoms with Crippen molar-refractivity contribution in [3.8, 4) is 62.1 Å². The lowest BCUT2D eigenvalue weighted by atomic mass is 9.95. The van der Waals surface area contributed by atoms with Gasteiger partial charge in [0.05, 0.1) is 11.0 Å². The Kier molecular flexibility index (Phi) is 7.42. The van der Waals surface area contributed by atoms with Crippen molar-refractivity contribution < 1.29 is 4.42 Å². The van der Waals surface area contributed by atoms with Crippen LogP contribution in [0.2, 0.25) is 0 Å².